The number of amides is 1. The molecule has 0 radical (unpaired) electrons. The fourth-order valence-electron chi connectivity index (χ4n) is 2.82. The Morgan fingerprint density at radius 1 is 0.808 bits per heavy atom. The lowest BCUT2D eigenvalue weighted by Gasteiger charge is -2.06. The second-order valence-corrected chi connectivity index (χ2v) is 5.27. The average Bonchev–Trinajstić information content (AvgIpc) is 2.85. The number of nitrogens with zero attached hydrogens (tertiary/aromatic N) is 3. The van der Waals surface area contributed by atoms with Gasteiger partial charge in [-0.15, -0.1) is 0 Å². The summed E-state index contributed by atoms with van der Waals surface area (Å²) in [5, 5.41) is 33.4. The van der Waals surface area contributed by atoms with Gasteiger partial charge in [0.2, 0.25) is 5.91 Å². The zero-order chi connectivity index (χ0) is 19.3. The third-order valence-corrected chi connectivity index (χ3v) is 3.85. The van der Waals surface area contributed by atoms with Crippen LogP contribution in [0.15, 0.2) is 24.3 Å². The zero-order valence-electron chi connectivity index (χ0n) is 12.5. The van der Waals surface area contributed by atoms with Crippen LogP contribution in [-0.4, -0.2) is 26.5 Å². The summed E-state index contributed by atoms with van der Waals surface area (Å²) in [6.07, 6.45) is 0. The van der Waals surface area contributed by atoms with Gasteiger partial charge in [-0.25, -0.2) is 0 Å². The normalized spacial score (nSPS) is 11.6. The Morgan fingerprint density at radius 3 is 1.77 bits per heavy atom. The monoisotopic (exact) mass is 358 g/mol. The van der Waals surface area contributed by atoms with Crippen molar-refractivity contribution in [2.24, 2.45) is 5.73 Å². The van der Waals surface area contributed by atoms with Crippen molar-refractivity contribution in [1.29, 1.82) is 0 Å². The Labute approximate surface area is 142 Å². The highest BCUT2D eigenvalue weighted by atomic mass is 16.6. The van der Waals surface area contributed by atoms with Crippen LogP contribution < -0.4 is 5.73 Å². The second-order valence-electron chi connectivity index (χ2n) is 5.27. The first-order valence-corrected chi connectivity index (χ1v) is 6.77. The highest BCUT2D eigenvalue weighted by molar-refractivity contribution is 6.26. The topological polar surface area (TPSA) is 190 Å². The Balaban J connectivity index is 2.48. The van der Waals surface area contributed by atoms with Crippen LogP contribution in [0.25, 0.3) is 11.1 Å². The number of nitrogens with two attached hydrogens (primary N) is 1. The molecule has 0 saturated heterocycles. The van der Waals surface area contributed by atoms with Gasteiger partial charge in [-0.2, -0.15) is 0 Å². The predicted octanol–water partition coefficient (Wildman–Crippen LogP) is 1.72. The molecule has 130 valence electrons. The minimum absolute atomic E-state index is 0.246. The van der Waals surface area contributed by atoms with Crippen LogP contribution in [0.2, 0.25) is 0 Å². The molecule has 2 aromatic carbocycles. The molecule has 3 rings (SSSR count). The molecule has 0 heterocycles. The summed E-state index contributed by atoms with van der Waals surface area (Å²) in [6, 6.07) is 3.11. The van der Waals surface area contributed by atoms with Crippen molar-refractivity contribution < 1.29 is 24.4 Å². The van der Waals surface area contributed by atoms with E-state index in [1.54, 1.807) is 0 Å². The number of benzene rings is 2. The van der Waals surface area contributed by atoms with Gasteiger partial charge in [-0.05, 0) is 0 Å². The quantitative estimate of drug-likeness (QED) is 0.538. The molecule has 2 aromatic rings. The van der Waals surface area contributed by atoms with Crippen LogP contribution in [0.3, 0.4) is 0 Å². The maximum Gasteiger partial charge on any atom is 0.284 e. The average molecular weight is 358 g/mol. The van der Waals surface area contributed by atoms with Crippen LogP contribution in [-0.2, 0) is 0 Å². The Bertz CT molecular complexity index is 992. The Hall–Kier alpha value is -4.22. The molecule has 1 amide bonds. The standard InChI is InChI=1S/C14H6N4O8/c15-14(20)9-3-5(16(21)22)1-7-11(9)12-8(13(7)19)2-6(17(23)24)4-10(12)18(25)26/h1-4H,(H2,15,20). The van der Waals surface area contributed by atoms with Gasteiger partial charge in [0.25, 0.3) is 17.1 Å². The molecule has 2 N–H and O–H groups in total. The third kappa shape index (κ3) is 2.24. The number of nitro groups is 3. The van der Waals surface area contributed by atoms with E-state index in [0.29, 0.717) is 6.07 Å². The van der Waals surface area contributed by atoms with E-state index in [1.807, 2.05) is 0 Å². The molecule has 0 bridgehead atoms. The van der Waals surface area contributed by atoms with Crippen molar-refractivity contribution in [3.8, 4) is 11.1 Å². The van der Waals surface area contributed by atoms with E-state index in [0.717, 1.165) is 18.2 Å². The Morgan fingerprint density at radius 2 is 1.31 bits per heavy atom. The van der Waals surface area contributed by atoms with E-state index >= 15 is 0 Å². The van der Waals surface area contributed by atoms with Crippen molar-refractivity contribution in [2.75, 3.05) is 0 Å². The second kappa shape index (κ2) is 5.41. The van der Waals surface area contributed by atoms with Crippen molar-refractivity contribution >= 4 is 28.8 Å². The number of fused-ring (bicyclic) bond motifs is 3. The SMILES string of the molecule is NC(=O)c1cc([N+](=O)[O-])cc2c1-c1c(cc([N+](=O)[O-])cc1[N+](=O)[O-])C2=O. The van der Waals surface area contributed by atoms with Gasteiger partial charge in [0.1, 0.15) is 0 Å². The summed E-state index contributed by atoms with van der Waals surface area (Å²) in [7, 11) is 0. The van der Waals surface area contributed by atoms with Gasteiger partial charge < -0.3 is 5.73 Å². The maximum atomic E-state index is 12.6. The summed E-state index contributed by atoms with van der Waals surface area (Å²) in [4.78, 5) is 54.9. The van der Waals surface area contributed by atoms with Crippen molar-refractivity contribution in [1.82, 2.24) is 0 Å². The fraction of sp³-hybridized carbons (Fsp3) is 0. The number of carbonyl (C=O) groups excluding carboxylic acids is 2. The summed E-state index contributed by atoms with van der Waals surface area (Å²) in [5.74, 6) is -2.05. The number of hydrogen-bond acceptors (Lipinski definition) is 8. The van der Waals surface area contributed by atoms with E-state index in [9.17, 15) is 39.9 Å². The molecule has 0 spiro atoms. The molecule has 1 aliphatic rings. The van der Waals surface area contributed by atoms with E-state index in [1.165, 1.54) is 0 Å². The van der Waals surface area contributed by atoms with Gasteiger partial charge >= 0.3 is 0 Å². The number of hydrogen-bond donors (Lipinski definition) is 1. The van der Waals surface area contributed by atoms with Gasteiger partial charge in [-0.3, -0.25) is 39.9 Å². The smallest absolute Gasteiger partial charge is 0.284 e. The van der Waals surface area contributed by atoms with Crippen molar-refractivity contribution in [2.45, 2.75) is 0 Å². The van der Waals surface area contributed by atoms with E-state index < -0.39 is 54.6 Å². The van der Waals surface area contributed by atoms with Gasteiger partial charge in [0, 0.05) is 34.9 Å². The summed E-state index contributed by atoms with van der Waals surface area (Å²) in [5.41, 5.74) is 1.33. The lowest BCUT2D eigenvalue weighted by molar-refractivity contribution is -0.393. The summed E-state index contributed by atoms with van der Waals surface area (Å²) in [6.45, 7) is 0. The summed E-state index contributed by atoms with van der Waals surface area (Å²) < 4.78 is 0. The van der Waals surface area contributed by atoms with Crippen LogP contribution in [0.1, 0.15) is 26.3 Å². The molecular formula is C14H6N4O8. The molecule has 26 heavy (non-hydrogen) atoms. The minimum atomic E-state index is -1.14. The maximum absolute atomic E-state index is 12.6. The van der Waals surface area contributed by atoms with Crippen LogP contribution in [0, 0.1) is 30.3 Å². The predicted molar refractivity (Wildman–Crippen MR) is 83.8 cm³/mol. The molecule has 0 aliphatic heterocycles. The van der Waals surface area contributed by atoms with Gasteiger partial charge in [0.05, 0.1) is 32.0 Å². The van der Waals surface area contributed by atoms with Crippen LogP contribution in [0.4, 0.5) is 17.1 Å². The van der Waals surface area contributed by atoms with Crippen LogP contribution >= 0.6 is 0 Å². The molecule has 12 heteroatoms. The number of non-ortho nitro benzene ring substituents is 2. The third-order valence-electron chi connectivity index (χ3n) is 3.85. The number of primary amides is 1. The van der Waals surface area contributed by atoms with E-state index in [4.69, 9.17) is 5.73 Å². The molecule has 0 saturated carbocycles. The molecule has 1 aliphatic carbocycles. The summed E-state index contributed by atoms with van der Waals surface area (Å²) >= 11 is 0. The molecule has 0 atom stereocenters. The lowest BCUT2D eigenvalue weighted by Crippen LogP contribution is -2.13. The lowest BCUT2D eigenvalue weighted by atomic mass is 9.96. The highest BCUT2D eigenvalue weighted by Gasteiger charge is 2.39. The van der Waals surface area contributed by atoms with Crippen molar-refractivity contribution in [3.63, 3.8) is 0 Å². The first-order chi connectivity index (χ1) is 12.1. The molecule has 0 aromatic heterocycles. The van der Waals surface area contributed by atoms with Crippen molar-refractivity contribution in [3.05, 3.63) is 71.3 Å². The molecular weight excluding hydrogens is 352 g/mol. The minimum Gasteiger partial charge on any atom is -0.366 e. The highest BCUT2D eigenvalue weighted by Crippen LogP contribution is 2.47. The zero-order valence-corrected chi connectivity index (χ0v) is 12.5. The van der Waals surface area contributed by atoms with Gasteiger partial charge in [0.15, 0.2) is 5.78 Å². The number of ketones is 1. The number of nitro benzene ring substituents is 3. The van der Waals surface area contributed by atoms with E-state index in [-0.39, 0.29) is 16.7 Å². The number of rotatable bonds is 4. The van der Waals surface area contributed by atoms with Gasteiger partial charge in [-0.1, -0.05) is 0 Å². The molecule has 0 fully saturated rings. The van der Waals surface area contributed by atoms with E-state index in [2.05, 4.69) is 0 Å². The first kappa shape index (κ1) is 16.6. The largest absolute Gasteiger partial charge is 0.366 e. The molecule has 0 unspecified atom stereocenters. The first-order valence-electron chi connectivity index (χ1n) is 6.77. The van der Waals surface area contributed by atoms with Crippen LogP contribution in [0.5, 0.6) is 0 Å². The Kier molecular flexibility index (Phi) is 3.46. The molecule has 12 nitrogen and oxygen atoms in total. The number of carbonyl (C=O) groups is 2. The fourth-order valence-corrected chi connectivity index (χ4v) is 2.82.